The smallest absolute Gasteiger partial charge is 0.275 e. The molecule has 1 fully saturated rings. The first-order valence-electron chi connectivity index (χ1n) is 9.93. The van der Waals surface area contributed by atoms with Crippen molar-refractivity contribution >= 4 is 5.91 Å². The molecule has 0 N–H and O–H groups in total. The fraction of sp³-hybridized carbons (Fsp3) is 0.409. The number of benzene rings is 1. The summed E-state index contributed by atoms with van der Waals surface area (Å²) in [7, 11) is 1.85. The van der Waals surface area contributed by atoms with Gasteiger partial charge in [0.1, 0.15) is 0 Å². The van der Waals surface area contributed by atoms with Crippen molar-refractivity contribution in [3.8, 4) is 0 Å². The largest absolute Gasteiger partial charge is 0.377 e. The minimum atomic E-state index is -0.164. The highest BCUT2D eigenvalue weighted by molar-refractivity contribution is 5.92. The number of carbonyl (C=O) groups excluding carboxylic acids is 1. The number of ether oxygens (including phenoxy) is 1. The van der Waals surface area contributed by atoms with E-state index in [0.29, 0.717) is 32.0 Å². The highest BCUT2D eigenvalue weighted by atomic mass is 16.5. The predicted octanol–water partition coefficient (Wildman–Crippen LogP) is 2.80. The number of aromatic nitrogens is 4. The summed E-state index contributed by atoms with van der Waals surface area (Å²) >= 11 is 0. The van der Waals surface area contributed by atoms with Crippen molar-refractivity contribution in [2.24, 2.45) is 7.05 Å². The minimum Gasteiger partial charge on any atom is -0.377 e. The SMILES string of the molecule is Cc1nn(Cc2ccccc2)c(C)c1C1COCCN1C(=O)c1cc(C)n(C)n1. The zero-order valence-electron chi connectivity index (χ0n) is 17.4. The Balaban J connectivity index is 1.65. The molecule has 152 valence electrons. The van der Waals surface area contributed by atoms with Crippen molar-refractivity contribution in [3.05, 3.63) is 70.3 Å². The Morgan fingerprint density at radius 1 is 1.17 bits per heavy atom. The van der Waals surface area contributed by atoms with Gasteiger partial charge in [0.15, 0.2) is 5.69 Å². The topological polar surface area (TPSA) is 65.2 Å². The average molecular weight is 393 g/mol. The third-order valence-corrected chi connectivity index (χ3v) is 5.67. The first kappa shape index (κ1) is 19.4. The number of rotatable bonds is 4. The van der Waals surface area contributed by atoms with Crippen LogP contribution in [0.4, 0.5) is 0 Å². The number of amides is 1. The van der Waals surface area contributed by atoms with E-state index in [1.165, 1.54) is 5.56 Å². The molecule has 1 aliphatic heterocycles. The quantitative estimate of drug-likeness (QED) is 0.684. The summed E-state index contributed by atoms with van der Waals surface area (Å²) in [5, 5.41) is 9.15. The molecule has 2 aromatic heterocycles. The summed E-state index contributed by atoms with van der Waals surface area (Å²) in [6, 6.07) is 11.9. The zero-order valence-corrected chi connectivity index (χ0v) is 17.4. The Morgan fingerprint density at radius 3 is 2.62 bits per heavy atom. The van der Waals surface area contributed by atoms with Gasteiger partial charge in [-0.1, -0.05) is 30.3 Å². The van der Waals surface area contributed by atoms with Gasteiger partial charge in [-0.15, -0.1) is 0 Å². The number of carbonyl (C=O) groups is 1. The van der Waals surface area contributed by atoms with Gasteiger partial charge < -0.3 is 9.64 Å². The van der Waals surface area contributed by atoms with E-state index in [1.807, 2.05) is 54.7 Å². The van der Waals surface area contributed by atoms with Gasteiger partial charge in [0.25, 0.3) is 5.91 Å². The Morgan fingerprint density at radius 2 is 1.93 bits per heavy atom. The molecule has 1 aliphatic rings. The van der Waals surface area contributed by atoms with Crippen molar-refractivity contribution in [2.45, 2.75) is 33.4 Å². The molecule has 0 radical (unpaired) electrons. The third kappa shape index (κ3) is 3.70. The van der Waals surface area contributed by atoms with Crippen molar-refractivity contribution in [1.29, 1.82) is 0 Å². The molecule has 3 heterocycles. The summed E-state index contributed by atoms with van der Waals surface area (Å²) in [5.74, 6) is -0.0587. The summed E-state index contributed by atoms with van der Waals surface area (Å²) < 4.78 is 9.51. The number of hydrogen-bond acceptors (Lipinski definition) is 4. The van der Waals surface area contributed by atoms with Crippen LogP contribution in [-0.4, -0.2) is 50.1 Å². The van der Waals surface area contributed by atoms with Crippen LogP contribution in [0.15, 0.2) is 36.4 Å². The lowest BCUT2D eigenvalue weighted by molar-refractivity contribution is -0.00339. The first-order chi connectivity index (χ1) is 14.0. The second-order valence-corrected chi connectivity index (χ2v) is 7.61. The Labute approximate surface area is 170 Å². The lowest BCUT2D eigenvalue weighted by Crippen LogP contribution is -2.44. The van der Waals surface area contributed by atoms with Crippen molar-refractivity contribution in [3.63, 3.8) is 0 Å². The molecule has 29 heavy (non-hydrogen) atoms. The maximum atomic E-state index is 13.2. The number of aryl methyl sites for hydroxylation is 3. The predicted molar refractivity (Wildman–Crippen MR) is 110 cm³/mol. The van der Waals surface area contributed by atoms with E-state index in [0.717, 1.165) is 22.6 Å². The van der Waals surface area contributed by atoms with E-state index in [9.17, 15) is 4.79 Å². The molecule has 1 unspecified atom stereocenters. The lowest BCUT2D eigenvalue weighted by Gasteiger charge is -2.35. The number of nitrogens with zero attached hydrogens (tertiary/aromatic N) is 5. The van der Waals surface area contributed by atoms with E-state index in [4.69, 9.17) is 9.84 Å². The summed E-state index contributed by atoms with van der Waals surface area (Å²) in [6.45, 7) is 8.27. The van der Waals surface area contributed by atoms with E-state index in [1.54, 1.807) is 4.68 Å². The minimum absolute atomic E-state index is 0.0587. The van der Waals surface area contributed by atoms with Crippen molar-refractivity contribution in [2.75, 3.05) is 19.8 Å². The van der Waals surface area contributed by atoms with Crippen LogP contribution in [0.2, 0.25) is 0 Å². The van der Waals surface area contributed by atoms with Crippen LogP contribution in [0.3, 0.4) is 0 Å². The van der Waals surface area contributed by atoms with Crippen LogP contribution in [0.1, 0.15) is 44.7 Å². The van der Waals surface area contributed by atoms with Gasteiger partial charge in [0, 0.05) is 30.5 Å². The molecule has 0 saturated carbocycles. The lowest BCUT2D eigenvalue weighted by atomic mass is 10.0. The van der Waals surface area contributed by atoms with Crippen LogP contribution in [0, 0.1) is 20.8 Å². The molecule has 1 atom stereocenters. The highest BCUT2D eigenvalue weighted by Gasteiger charge is 2.34. The van der Waals surface area contributed by atoms with Gasteiger partial charge in [-0.3, -0.25) is 14.2 Å². The fourth-order valence-corrected chi connectivity index (χ4v) is 4.00. The second-order valence-electron chi connectivity index (χ2n) is 7.61. The standard InChI is InChI=1S/C22H27N5O2/c1-15-12-19(24-25(15)4)22(28)26-10-11-29-14-20(26)21-16(2)23-27(17(21)3)13-18-8-6-5-7-9-18/h5-9,12,20H,10-11,13-14H2,1-4H3. The van der Waals surface area contributed by atoms with Gasteiger partial charge in [-0.2, -0.15) is 10.2 Å². The first-order valence-corrected chi connectivity index (χ1v) is 9.93. The van der Waals surface area contributed by atoms with Gasteiger partial charge in [-0.25, -0.2) is 0 Å². The molecule has 0 bridgehead atoms. The van der Waals surface area contributed by atoms with Gasteiger partial charge in [0.2, 0.25) is 0 Å². The monoisotopic (exact) mass is 393 g/mol. The molecule has 0 aliphatic carbocycles. The Kier molecular flexibility index (Phi) is 5.24. The maximum Gasteiger partial charge on any atom is 0.275 e. The second kappa shape index (κ2) is 7.83. The highest BCUT2D eigenvalue weighted by Crippen LogP contribution is 2.31. The van der Waals surface area contributed by atoms with Crippen LogP contribution in [-0.2, 0) is 18.3 Å². The van der Waals surface area contributed by atoms with Crippen molar-refractivity contribution < 1.29 is 9.53 Å². The summed E-state index contributed by atoms with van der Waals surface area (Å²) in [4.78, 5) is 15.1. The van der Waals surface area contributed by atoms with Crippen LogP contribution in [0.25, 0.3) is 0 Å². The Bertz CT molecular complexity index is 1000. The molecule has 4 rings (SSSR count). The summed E-state index contributed by atoms with van der Waals surface area (Å²) in [5.41, 5.74) is 5.70. The molecular weight excluding hydrogens is 366 g/mol. The Hall–Kier alpha value is -2.93. The molecule has 1 amide bonds. The van der Waals surface area contributed by atoms with E-state index in [2.05, 4.69) is 24.2 Å². The molecule has 1 aromatic carbocycles. The van der Waals surface area contributed by atoms with Gasteiger partial charge in [0.05, 0.1) is 31.5 Å². The molecule has 3 aromatic rings. The maximum absolute atomic E-state index is 13.2. The molecule has 1 saturated heterocycles. The van der Waals surface area contributed by atoms with E-state index < -0.39 is 0 Å². The van der Waals surface area contributed by atoms with Crippen molar-refractivity contribution in [1.82, 2.24) is 24.5 Å². The van der Waals surface area contributed by atoms with E-state index in [-0.39, 0.29) is 11.9 Å². The van der Waals surface area contributed by atoms with E-state index >= 15 is 0 Å². The zero-order chi connectivity index (χ0) is 20.5. The van der Waals surface area contributed by atoms with Gasteiger partial charge >= 0.3 is 0 Å². The number of hydrogen-bond donors (Lipinski definition) is 0. The van der Waals surface area contributed by atoms with Crippen LogP contribution >= 0.6 is 0 Å². The fourth-order valence-electron chi connectivity index (χ4n) is 4.00. The average Bonchev–Trinajstić information content (AvgIpc) is 3.20. The normalized spacial score (nSPS) is 17.0. The summed E-state index contributed by atoms with van der Waals surface area (Å²) in [6.07, 6.45) is 0. The molecule has 7 heteroatoms. The third-order valence-electron chi connectivity index (χ3n) is 5.67. The van der Waals surface area contributed by atoms with Gasteiger partial charge in [-0.05, 0) is 32.4 Å². The number of morpholine rings is 1. The van der Waals surface area contributed by atoms with Crippen LogP contribution in [0.5, 0.6) is 0 Å². The molecule has 7 nitrogen and oxygen atoms in total. The van der Waals surface area contributed by atoms with Crippen LogP contribution < -0.4 is 0 Å². The molecular formula is C22H27N5O2. The molecule has 0 spiro atoms.